The topological polar surface area (TPSA) is 21.3 Å². The van der Waals surface area contributed by atoms with E-state index in [1.54, 1.807) is 25.3 Å². The second kappa shape index (κ2) is 5.74. The van der Waals surface area contributed by atoms with Gasteiger partial charge in [-0.25, -0.2) is 4.39 Å². The van der Waals surface area contributed by atoms with Gasteiger partial charge in [-0.3, -0.25) is 0 Å². The normalized spacial score (nSPS) is 10.2. The fourth-order valence-electron chi connectivity index (χ4n) is 1.68. The summed E-state index contributed by atoms with van der Waals surface area (Å²) in [5.41, 5.74) is 1.64. The molecular formula is C14H13ClFNO. The molecule has 0 fully saturated rings. The summed E-state index contributed by atoms with van der Waals surface area (Å²) in [4.78, 5) is 0. The van der Waals surface area contributed by atoms with Crippen molar-refractivity contribution >= 4 is 17.3 Å². The average Bonchev–Trinajstić information content (AvgIpc) is 2.37. The van der Waals surface area contributed by atoms with Gasteiger partial charge in [-0.05, 0) is 36.4 Å². The maximum Gasteiger partial charge on any atom is 0.125 e. The summed E-state index contributed by atoms with van der Waals surface area (Å²) in [5, 5.41) is 3.77. The minimum absolute atomic E-state index is 0.266. The van der Waals surface area contributed by atoms with Crippen LogP contribution >= 0.6 is 11.6 Å². The van der Waals surface area contributed by atoms with Gasteiger partial charge in [0.1, 0.15) is 11.6 Å². The molecule has 0 atom stereocenters. The third-order valence-corrected chi connectivity index (χ3v) is 2.79. The molecule has 2 nitrogen and oxygen atoms in total. The lowest BCUT2D eigenvalue weighted by Gasteiger charge is -2.11. The molecule has 2 aromatic rings. The van der Waals surface area contributed by atoms with Crippen molar-refractivity contribution in [3.05, 3.63) is 58.9 Å². The van der Waals surface area contributed by atoms with Crippen LogP contribution in [-0.2, 0) is 6.54 Å². The molecular weight excluding hydrogens is 253 g/mol. The van der Waals surface area contributed by atoms with Crippen molar-refractivity contribution in [1.82, 2.24) is 0 Å². The minimum Gasteiger partial charge on any atom is -0.496 e. The van der Waals surface area contributed by atoms with Gasteiger partial charge in [0.25, 0.3) is 0 Å². The molecule has 18 heavy (non-hydrogen) atoms. The van der Waals surface area contributed by atoms with Gasteiger partial charge in [0.15, 0.2) is 0 Å². The Bertz CT molecular complexity index is 545. The molecule has 4 heteroatoms. The first kappa shape index (κ1) is 12.7. The van der Waals surface area contributed by atoms with Gasteiger partial charge < -0.3 is 10.1 Å². The molecule has 0 aliphatic heterocycles. The van der Waals surface area contributed by atoms with Crippen molar-refractivity contribution in [2.45, 2.75) is 6.54 Å². The van der Waals surface area contributed by atoms with Gasteiger partial charge >= 0.3 is 0 Å². The number of anilines is 1. The average molecular weight is 266 g/mol. The number of nitrogens with one attached hydrogen (secondary N) is 1. The van der Waals surface area contributed by atoms with Crippen molar-refractivity contribution in [2.24, 2.45) is 0 Å². The third-order valence-electron chi connectivity index (χ3n) is 2.55. The van der Waals surface area contributed by atoms with Crippen molar-refractivity contribution in [1.29, 1.82) is 0 Å². The second-order valence-corrected chi connectivity index (χ2v) is 4.26. The van der Waals surface area contributed by atoms with Crippen LogP contribution in [0.5, 0.6) is 5.75 Å². The van der Waals surface area contributed by atoms with Crippen molar-refractivity contribution < 1.29 is 9.13 Å². The summed E-state index contributed by atoms with van der Waals surface area (Å²) < 4.78 is 18.3. The lowest BCUT2D eigenvalue weighted by Crippen LogP contribution is -2.01. The fraction of sp³-hybridized carbons (Fsp3) is 0.143. The highest BCUT2D eigenvalue weighted by atomic mass is 35.5. The molecule has 0 amide bonds. The Balaban J connectivity index is 2.12. The monoisotopic (exact) mass is 265 g/mol. The van der Waals surface area contributed by atoms with Crippen molar-refractivity contribution in [3.63, 3.8) is 0 Å². The van der Waals surface area contributed by atoms with Gasteiger partial charge in [-0.1, -0.05) is 17.7 Å². The molecule has 0 aliphatic carbocycles. The number of methoxy groups -OCH3 is 1. The second-order valence-electron chi connectivity index (χ2n) is 3.82. The van der Waals surface area contributed by atoms with E-state index in [2.05, 4.69) is 5.32 Å². The smallest absolute Gasteiger partial charge is 0.125 e. The molecule has 0 radical (unpaired) electrons. The number of rotatable bonds is 4. The quantitative estimate of drug-likeness (QED) is 0.899. The highest BCUT2D eigenvalue weighted by Gasteiger charge is 2.04. The summed E-state index contributed by atoms with van der Waals surface area (Å²) in [6, 6.07) is 11.7. The Morgan fingerprint density at radius 1 is 1.22 bits per heavy atom. The first-order chi connectivity index (χ1) is 8.69. The summed E-state index contributed by atoms with van der Waals surface area (Å²) in [6.07, 6.45) is 0. The number of halogens is 2. The van der Waals surface area contributed by atoms with Crippen LogP contribution in [0.4, 0.5) is 10.1 Å². The predicted octanol–water partition coefficient (Wildman–Crippen LogP) is 4.10. The Hall–Kier alpha value is -1.74. The number of hydrogen-bond acceptors (Lipinski definition) is 2. The van der Waals surface area contributed by atoms with Crippen LogP contribution in [0.15, 0.2) is 42.5 Å². The van der Waals surface area contributed by atoms with Crippen LogP contribution in [-0.4, -0.2) is 7.11 Å². The molecule has 2 rings (SSSR count). The van der Waals surface area contributed by atoms with Gasteiger partial charge in [-0.15, -0.1) is 0 Å². The zero-order chi connectivity index (χ0) is 13.0. The molecule has 0 heterocycles. The maximum atomic E-state index is 13.0. The van der Waals surface area contributed by atoms with E-state index in [1.807, 2.05) is 12.1 Å². The minimum atomic E-state index is -0.266. The third kappa shape index (κ3) is 3.14. The van der Waals surface area contributed by atoms with Gasteiger partial charge in [0.05, 0.1) is 7.11 Å². The van der Waals surface area contributed by atoms with E-state index in [4.69, 9.17) is 16.3 Å². The van der Waals surface area contributed by atoms with Crippen molar-refractivity contribution in [3.8, 4) is 5.75 Å². The largest absolute Gasteiger partial charge is 0.496 e. The summed E-state index contributed by atoms with van der Waals surface area (Å²) in [6.45, 7) is 0.521. The molecule has 0 saturated carbocycles. The molecule has 0 spiro atoms. The van der Waals surface area contributed by atoms with Crippen LogP contribution in [0, 0.1) is 5.82 Å². The zero-order valence-electron chi connectivity index (χ0n) is 9.91. The Labute approximate surface area is 110 Å². The van der Waals surface area contributed by atoms with E-state index >= 15 is 0 Å². The van der Waals surface area contributed by atoms with E-state index in [-0.39, 0.29) is 5.82 Å². The Morgan fingerprint density at radius 2 is 2.06 bits per heavy atom. The maximum absolute atomic E-state index is 13.0. The molecule has 2 aromatic carbocycles. The number of benzene rings is 2. The van der Waals surface area contributed by atoms with Gasteiger partial charge in [0, 0.05) is 22.8 Å². The Kier molecular flexibility index (Phi) is 4.05. The van der Waals surface area contributed by atoms with Crippen LogP contribution in [0.2, 0.25) is 5.02 Å². The molecule has 0 aliphatic rings. The molecule has 0 saturated heterocycles. The van der Waals surface area contributed by atoms with E-state index < -0.39 is 0 Å². The lowest BCUT2D eigenvalue weighted by molar-refractivity contribution is 0.410. The fourth-order valence-corrected chi connectivity index (χ4v) is 1.88. The predicted molar refractivity (Wildman–Crippen MR) is 71.7 cm³/mol. The zero-order valence-corrected chi connectivity index (χ0v) is 10.7. The van der Waals surface area contributed by atoms with Gasteiger partial charge in [-0.2, -0.15) is 0 Å². The van der Waals surface area contributed by atoms with E-state index in [0.717, 1.165) is 17.0 Å². The molecule has 0 aromatic heterocycles. The number of hydrogen-bond donors (Lipinski definition) is 1. The van der Waals surface area contributed by atoms with E-state index in [9.17, 15) is 4.39 Å². The van der Waals surface area contributed by atoms with Crippen LogP contribution in [0.1, 0.15) is 5.56 Å². The molecule has 1 N–H and O–H groups in total. The first-order valence-corrected chi connectivity index (χ1v) is 5.88. The lowest BCUT2D eigenvalue weighted by atomic mass is 10.2. The van der Waals surface area contributed by atoms with Crippen LogP contribution < -0.4 is 10.1 Å². The van der Waals surface area contributed by atoms with Crippen LogP contribution in [0.25, 0.3) is 0 Å². The first-order valence-electron chi connectivity index (χ1n) is 5.51. The number of ether oxygens (including phenoxy) is 1. The highest BCUT2D eigenvalue weighted by molar-refractivity contribution is 6.30. The summed E-state index contributed by atoms with van der Waals surface area (Å²) >= 11 is 5.94. The van der Waals surface area contributed by atoms with Gasteiger partial charge in [0.2, 0.25) is 0 Å². The van der Waals surface area contributed by atoms with Crippen LogP contribution in [0.3, 0.4) is 0 Å². The Morgan fingerprint density at radius 3 is 2.78 bits per heavy atom. The summed E-state index contributed by atoms with van der Waals surface area (Å²) in [7, 11) is 1.61. The molecule has 0 bridgehead atoms. The van der Waals surface area contributed by atoms with Crippen molar-refractivity contribution in [2.75, 3.05) is 12.4 Å². The SMILES string of the molecule is COc1ccc(Cl)cc1CNc1cccc(F)c1. The highest BCUT2D eigenvalue weighted by Crippen LogP contribution is 2.23. The van der Waals surface area contributed by atoms with E-state index in [1.165, 1.54) is 12.1 Å². The van der Waals surface area contributed by atoms with E-state index in [0.29, 0.717) is 11.6 Å². The standard InChI is InChI=1S/C14H13ClFNO/c1-18-14-6-5-11(15)7-10(14)9-17-13-4-2-3-12(16)8-13/h2-8,17H,9H2,1H3. The molecule has 94 valence electrons. The molecule has 0 unspecified atom stereocenters. The summed E-state index contributed by atoms with van der Waals surface area (Å²) in [5.74, 6) is 0.487.